The van der Waals surface area contributed by atoms with E-state index >= 15 is 0 Å². The second-order valence-electron chi connectivity index (χ2n) is 4.25. The second-order valence-corrected chi connectivity index (χ2v) is 4.25. The minimum atomic E-state index is 0.156. The SMILES string of the molecule is CCCCN(CCO)c1ncc(CN)cc1C. The molecule has 0 aliphatic carbocycles. The number of aliphatic hydroxyl groups is 1. The third kappa shape index (κ3) is 3.98. The first-order valence-electron chi connectivity index (χ1n) is 6.24. The summed E-state index contributed by atoms with van der Waals surface area (Å²) in [4.78, 5) is 6.59. The van der Waals surface area contributed by atoms with E-state index in [0.717, 1.165) is 36.3 Å². The highest BCUT2D eigenvalue weighted by Gasteiger charge is 2.10. The zero-order valence-corrected chi connectivity index (χ0v) is 10.8. The molecule has 0 saturated heterocycles. The summed E-state index contributed by atoms with van der Waals surface area (Å²) < 4.78 is 0. The summed E-state index contributed by atoms with van der Waals surface area (Å²) in [6, 6.07) is 2.07. The van der Waals surface area contributed by atoms with Crippen LogP contribution in [-0.4, -0.2) is 29.8 Å². The number of hydrogen-bond donors (Lipinski definition) is 2. The van der Waals surface area contributed by atoms with Gasteiger partial charge in [0.15, 0.2) is 0 Å². The number of aromatic nitrogens is 1. The van der Waals surface area contributed by atoms with Crippen molar-refractivity contribution >= 4 is 5.82 Å². The van der Waals surface area contributed by atoms with E-state index in [2.05, 4.69) is 22.9 Å². The minimum Gasteiger partial charge on any atom is -0.395 e. The fourth-order valence-electron chi connectivity index (χ4n) is 1.86. The zero-order chi connectivity index (χ0) is 12.7. The molecule has 0 aliphatic heterocycles. The van der Waals surface area contributed by atoms with Crippen LogP contribution >= 0.6 is 0 Å². The van der Waals surface area contributed by atoms with Crippen LogP contribution in [0.15, 0.2) is 12.3 Å². The summed E-state index contributed by atoms with van der Waals surface area (Å²) in [6.07, 6.45) is 4.07. The van der Waals surface area contributed by atoms with Crippen LogP contribution in [0.5, 0.6) is 0 Å². The van der Waals surface area contributed by atoms with Gasteiger partial charge in [0, 0.05) is 25.8 Å². The van der Waals surface area contributed by atoms with Gasteiger partial charge >= 0.3 is 0 Å². The van der Waals surface area contributed by atoms with E-state index in [9.17, 15) is 0 Å². The molecule has 0 unspecified atom stereocenters. The third-order valence-corrected chi connectivity index (χ3v) is 2.79. The number of anilines is 1. The van der Waals surface area contributed by atoms with E-state index in [-0.39, 0.29) is 6.61 Å². The zero-order valence-electron chi connectivity index (χ0n) is 10.8. The van der Waals surface area contributed by atoms with Crippen molar-refractivity contribution in [2.24, 2.45) is 5.73 Å². The van der Waals surface area contributed by atoms with Crippen LogP contribution < -0.4 is 10.6 Å². The maximum atomic E-state index is 9.10. The van der Waals surface area contributed by atoms with E-state index in [0.29, 0.717) is 13.1 Å². The Kier molecular flexibility index (Phi) is 5.94. The molecule has 0 aromatic carbocycles. The van der Waals surface area contributed by atoms with Crippen LogP contribution in [0.1, 0.15) is 30.9 Å². The molecule has 1 rings (SSSR count). The topological polar surface area (TPSA) is 62.4 Å². The molecular weight excluding hydrogens is 214 g/mol. The van der Waals surface area contributed by atoms with Crippen molar-refractivity contribution in [3.05, 3.63) is 23.4 Å². The molecule has 96 valence electrons. The molecule has 4 nitrogen and oxygen atoms in total. The first-order valence-corrected chi connectivity index (χ1v) is 6.24. The lowest BCUT2D eigenvalue weighted by Crippen LogP contribution is -2.29. The van der Waals surface area contributed by atoms with Crippen molar-refractivity contribution < 1.29 is 5.11 Å². The van der Waals surface area contributed by atoms with Crippen LogP contribution in [0.3, 0.4) is 0 Å². The lowest BCUT2D eigenvalue weighted by molar-refractivity contribution is 0.301. The Hall–Kier alpha value is -1.13. The minimum absolute atomic E-state index is 0.156. The van der Waals surface area contributed by atoms with Gasteiger partial charge in [0.25, 0.3) is 0 Å². The number of aryl methyl sites for hydroxylation is 1. The van der Waals surface area contributed by atoms with E-state index in [1.165, 1.54) is 0 Å². The Balaban J connectivity index is 2.85. The maximum absolute atomic E-state index is 9.10. The molecule has 0 saturated carbocycles. The summed E-state index contributed by atoms with van der Waals surface area (Å²) >= 11 is 0. The molecule has 0 amide bonds. The predicted molar refractivity (Wildman–Crippen MR) is 71.1 cm³/mol. The van der Waals surface area contributed by atoms with Gasteiger partial charge in [-0.25, -0.2) is 4.98 Å². The van der Waals surface area contributed by atoms with Crippen molar-refractivity contribution in [1.29, 1.82) is 0 Å². The molecule has 0 bridgehead atoms. The average molecular weight is 237 g/mol. The van der Waals surface area contributed by atoms with Crippen molar-refractivity contribution in [1.82, 2.24) is 4.98 Å². The van der Waals surface area contributed by atoms with Gasteiger partial charge in [-0.1, -0.05) is 13.3 Å². The molecule has 0 fully saturated rings. The third-order valence-electron chi connectivity index (χ3n) is 2.79. The van der Waals surface area contributed by atoms with Gasteiger partial charge in [-0.05, 0) is 30.5 Å². The number of hydrogen-bond acceptors (Lipinski definition) is 4. The number of aliphatic hydroxyl groups excluding tert-OH is 1. The Morgan fingerprint density at radius 3 is 2.71 bits per heavy atom. The lowest BCUT2D eigenvalue weighted by Gasteiger charge is -2.24. The van der Waals surface area contributed by atoms with Crippen LogP contribution in [0.4, 0.5) is 5.82 Å². The predicted octanol–water partition coefficient (Wildman–Crippen LogP) is 1.45. The number of pyridine rings is 1. The summed E-state index contributed by atoms with van der Waals surface area (Å²) in [5.41, 5.74) is 7.76. The molecule has 0 radical (unpaired) electrons. The Morgan fingerprint density at radius 1 is 1.41 bits per heavy atom. The van der Waals surface area contributed by atoms with Gasteiger partial charge in [-0.15, -0.1) is 0 Å². The van der Waals surface area contributed by atoms with E-state index in [1.54, 1.807) is 0 Å². The summed E-state index contributed by atoms with van der Waals surface area (Å²) in [6.45, 7) is 6.45. The van der Waals surface area contributed by atoms with E-state index in [1.807, 2.05) is 13.1 Å². The van der Waals surface area contributed by atoms with Crippen LogP contribution in [0, 0.1) is 6.92 Å². The maximum Gasteiger partial charge on any atom is 0.131 e. The average Bonchev–Trinajstić information content (AvgIpc) is 2.34. The van der Waals surface area contributed by atoms with Gasteiger partial charge in [0.05, 0.1) is 6.61 Å². The fourth-order valence-corrected chi connectivity index (χ4v) is 1.86. The first-order chi connectivity index (χ1) is 8.22. The molecule has 0 spiro atoms. The quantitative estimate of drug-likeness (QED) is 0.753. The number of rotatable bonds is 7. The van der Waals surface area contributed by atoms with Crippen molar-refractivity contribution in [2.45, 2.75) is 33.2 Å². The largest absolute Gasteiger partial charge is 0.395 e. The molecule has 4 heteroatoms. The summed E-state index contributed by atoms with van der Waals surface area (Å²) in [5.74, 6) is 0.963. The van der Waals surface area contributed by atoms with Crippen molar-refractivity contribution in [3.8, 4) is 0 Å². The smallest absolute Gasteiger partial charge is 0.131 e. The standard InChI is InChI=1S/C13H23N3O/c1-3-4-5-16(6-7-17)13-11(2)8-12(9-14)10-15-13/h8,10,17H,3-7,9,14H2,1-2H3. The van der Waals surface area contributed by atoms with Gasteiger partial charge in [-0.2, -0.15) is 0 Å². The molecule has 17 heavy (non-hydrogen) atoms. The molecule has 0 aliphatic rings. The second kappa shape index (κ2) is 7.25. The molecule has 1 heterocycles. The van der Waals surface area contributed by atoms with Crippen LogP contribution in [0.25, 0.3) is 0 Å². The van der Waals surface area contributed by atoms with Crippen molar-refractivity contribution in [3.63, 3.8) is 0 Å². The highest BCUT2D eigenvalue weighted by atomic mass is 16.3. The first kappa shape index (κ1) is 13.9. The number of unbranched alkanes of at least 4 members (excludes halogenated alkanes) is 1. The van der Waals surface area contributed by atoms with Gasteiger partial charge in [0.2, 0.25) is 0 Å². The summed E-state index contributed by atoms with van der Waals surface area (Å²) in [7, 11) is 0. The Labute approximate surface area is 103 Å². The van der Waals surface area contributed by atoms with E-state index in [4.69, 9.17) is 10.8 Å². The molecule has 3 N–H and O–H groups in total. The lowest BCUT2D eigenvalue weighted by atomic mass is 10.2. The fraction of sp³-hybridized carbons (Fsp3) is 0.615. The molecule has 1 aromatic rings. The van der Waals surface area contributed by atoms with Crippen LogP contribution in [-0.2, 0) is 6.54 Å². The number of nitrogens with two attached hydrogens (primary N) is 1. The molecule has 1 aromatic heterocycles. The summed E-state index contributed by atoms with van der Waals surface area (Å²) in [5, 5.41) is 9.10. The van der Waals surface area contributed by atoms with Crippen LogP contribution in [0.2, 0.25) is 0 Å². The van der Waals surface area contributed by atoms with Gasteiger partial charge in [0.1, 0.15) is 5.82 Å². The Bertz CT molecular complexity index is 341. The van der Waals surface area contributed by atoms with E-state index < -0.39 is 0 Å². The van der Waals surface area contributed by atoms with Crippen molar-refractivity contribution in [2.75, 3.05) is 24.6 Å². The Morgan fingerprint density at radius 2 is 2.18 bits per heavy atom. The van der Waals surface area contributed by atoms with Gasteiger partial charge in [-0.3, -0.25) is 0 Å². The number of nitrogens with zero attached hydrogens (tertiary/aromatic N) is 2. The molecule has 0 atom stereocenters. The highest BCUT2D eigenvalue weighted by Crippen LogP contribution is 2.18. The highest BCUT2D eigenvalue weighted by molar-refractivity contribution is 5.47. The molecular formula is C13H23N3O. The monoisotopic (exact) mass is 237 g/mol. The normalized spacial score (nSPS) is 10.6. The van der Waals surface area contributed by atoms with Gasteiger partial charge < -0.3 is 15.7 Å².